The third-order valence-electron chi connectivity index (χ3n) is 3.34. The van der Waals surface area contributed by atoms with Crippen LogP contribution in [0.25, 0.3) is 0 Å². The predicted molar refractivity (Wildman–Crippen MR) is 89.8 cm³/mol. The molecule has 1 aromatic carbocycles. The monoisotopic (exact) mass is 321 g/mol. The van der Waals surface area contributed by atoms with Gasteiger partial charge in [0.15, 0.2) is 0 Å². The Kier molecular flexibility index (Phi) is 7.78. The minimum absolute atomic E-state index is 0.00755. The summed E-state index contributed by atoms with van der Waals surface area (Å²) in [6.45, 7) is 5.63. The van der Waals surface area contributed by atoms with Crippen molar-refractivity contribution in [3.05, 3.63) is 24.3 Å². The minimum Gasteiger partial charge on any atom is -0.396 e. The summed E-state index contributed by atoms with van der Waals surface area (Å²) in [7, 11) is 0. The Balaban J connectivity index is 2.65. The lowest BCUT2D eigenvalue weighted by Gasteiger charge is -2.20. The van der Waals surface area contributed by atoms with Crippen molar-refractivity contribution in [2.45, 2.75) is 31.7 Å². The number of aliphatic hydroxyl groups excluding tert-OH is 1. The molecule has 0 bridgehead atoms. The van der Waals surface area contributed by atoms with Crippen LogP contribution in [-0.2, 0) is 0 Å². The fraction of sp³-hybridized carbons (Fsp3) is 0.500. The van der Waals surface area contributed by atoms with Gasteiger partial charge in [0.1, 0.15) is 0 Å². The number of urea groups is 1. The number of carbonyl (C=O) groups excluding carboxylic acids is 1. The van der Waals surface area contributed by atoms with Crippen LogP contribution in [-0.4, -0.2) is 29.5 Å². The van der Waals surface area contributed by atoms with E-state index in [9.17, 15) is 4.79 Å². The summed E-state index contributed by atoms with van der Waals surface area (Å²) in [6.07, 6.45) is 0. The topological polar surface area (TPSA) is 85.2 Å². The Hall–Kier alpha value is -1.71. The highest BCUT2D eigenvalue weighted by Gasteiger charge is 2.15. The molecule has 3 atom stereocenters. The maximum atomic E-state index is 12.0. The summed E-state index contributed by atoms with van der Waals surface area (Å²) < 4.78 is 0. The van der Waals surface area contributed by atoms with E-state index < -0.39 is 0 Å². The number of anilines is 1. The van der Waals surface area contributed by atoms with Crippen LogP contribution in [0.3, 0.4) is 0 Å². The number of nitrogens with zero attached hydrogens (tertiary/aromatic N) is 1. The van der Waals surface area contributed by atoms with Crippen molar-refractivity contribution in [3.63, 3.8) is 0 Å². The molecule has 1 rings (SSSR count). The van der Waals surface area contributed by atoms with Crippen LogP contribution < -0.4 is 10.6 Å². The number of amides is 2. The fourth-order valence-corrected chi connectivity index (χ4v) is 2.57. The van der Waals surface area contributed by atoms with Gasteiger partial charge >= 0.3 is 6.03 Å². The number of hydrogen-bond donors (Lipinski definition) is 3. The molecule has 3 unspecified atom stereocenters. The Bertz CT molecular complexity index is 530. The van der Waals surface area contributed by atoms with Gasteiger partial charge in [-0.15, -0.1) is 11.8 Å². The largest absolute Gasteiger partial charge is 0.396 e. The van der Waals surface area contributed by atoms with Gasteiger partial charge in [0.05, 0.1) is 17.7 Å². The molecule has 3 N–H and O–H groups in total. The highest BCUT2D eigenvalue weighted by molar-refractivity contribution is 7.99. The lowest BCUT2D eigenvalue weighted by atomic mass is 10.1. The lowest BCUT2D eigenvalue weighted by Crippen LogP contribution is -2.40. The molecule has 0 aliphatic rings. The van der Waals surface area contributed by atoms with Gasteiger partial charge in [0.2, 0.25) is 0 Å². The number of nitriles is 1. The van der Waals surface area contributed by atoms with Crippen LogP contribution in [0.4, 0.5) is 10.5 Å². The Morgan fingerprint density at radius 3 is 2.68 bits per heavy atom. The third kappa shape index (κ3) is 5.96. The van der Waals surface area contributed by atoms with Gasteiger partial charge in [-0.05, 0) is 31.9 Å². The molecule has 0 fully saturated rings. The quantitative estimate of drug-likeness (QED) is 0.674. The van der Waals surface area contributed by atoms with E-state index >= 15 is 0 Å². The summed E-state index contributed by atoms with van der Waals surface area (Å²) in [5, 5.41) is 23.6. The molecule has 0 aliphatic heterocycles. The summed E-state index contributed by atoms with van der Waals surface area (Å²) in [5.41, 5.74) is 0.721. The maximum absolute atomic E-state index is 12.0. The van der Waals surface area contributed by atoms with E-state index in [-0.39, 0.29) is 30.5 Å². The molecule has 0 radical (unpaired) electrons. The molecule has 0 spiro atoms. The molecule has 0 saturated carbocycles. The van der Waals surface area contributed by atoms with E-state index in [1.807, 2.05) is 45.0 Å². The first kappa shape index (κ1) is 18.3. The second-order valence-electron chi connectivity index (χ2n) is 5.38. The SMILES string of the molecule is CC(C#N)CSc1ccccc1NC(=O)NC(C)C(C)CO. The number of nitrogens with one attached hydrogen (secondary N) is 2. The van der Waals surface area contributed by atoms with Crippen LogP contribution >= 0.6 is 11.8 Å². The molecule has 0 aliphatic carbocycles. The molecule has 120 valence electrons. The first-order valence-corrected chi connectivity index (χ1v) is 8.26. The molecule has 0 heterocycles. The number of rotatable bonds is 7. The summed E-state index contributed by atoms with van der Waals surface area (Å²) >= 11 is 1.55. The van der Waals surface area contributed by atoms with E-state index in [0.717, 1.165) is 10.6 Å². The second kappa shape index (κ2) is 9.34. The Labute approximate surface area is 136 Å². The number of thioether (sulfide) groups is 1. The van der Waals surface area contributed by atoms with Crippen LogP contribution in [0.5, 0.6) is 0 Å². The van der Waals surface area contributed by atoms with Crippen molar-refractivity contribution in [2.24, 2.45) is 11.8 Å². The van der Waals surface area contributed by atoms with Gasteiger partial charge in [-0.25, -0.2) is 4.79 Å². The zero-order valence-electron chi connectivity index (χ0n) is 13.2. The van der Waals surface area contributed by atoms with Crippen molar-refractivity contribution in [3.8, 4) is 6.07 Å². The molecule has 0 saturated heterocycles. The van der Waals surface area contributed by atoms with E-state index in [0.29, 0.717) is 5.75 Å². The zero-order valence-corrected chi connectivity index (χ0v) is 14.0. The zero-order chi connectivity index (χ0) is 16.5. The fourth-order valence-electron chi connectivity index (χ4n) is 1.61. The van der Waals surface area contributed by atoms with Crippen LogP contribution in [0.2, 0.25) is 0 Å². The molecule has 0 aromatic heterocycles. The van der Waals surface area contributed by atoms with Crippen molar-refractivity contribution in [1.29, 1.82) is 5.26 Å². The maximum Gasteiger partial charge on any atom is 0.319 e. The van der Waals surface area contributed by atoms with Gasteiger partial charge < -0.3 is 15.7 Å². The summed E-state index contributed by atoms with van der Waals surface area (Å²) in [4.78, 5) is 13.0. The first-order chi connectivity index (χ1) is 10.5. The van der Waals surface area contributed by atoms with Gasteiger partial charge in [0.25, 0.3) is 0 Å². The average Bonchev–Trinajstić information content (AvgIpc) is 2.52. The van der Waals surface area contributed by atoms with Crippen molar-refractivity contribution >= 4 is 23.5 Å². The van der Waals surface area contributed by atoms with Gasteiger partial charge in [0, 0.05) is 23.3 Å². The molecule has 1 aromatic rings. The summed E-state index contributed by atoms with van der Waals surface area (Å²) in [5.74, 6) is 0.624. The average molecular weight is 321 g/mol. The first-order valence-electron chi connectivity index (χ1n) is 7.27. The molecular formula is C16H23N3O2S. The Morgan fingerprint density at radius 1 is 1.36 bits per heavy atom. The number of aliphatic hydroxyl groups is 1. The van der Waals surface area contributed by atoms with E-state index in [1.165, 1.54) is 0 Å². The number of benzene rings is 1. The molecular weight excluding hydrogens is 298 g/mol. The molecule has 22 heavy (non-hydrogen) atoms. The lowest BCUT2D eigenvalue weighted by molar-refractivity contribution is 0.204. The second-order valence-corrected chi connectivity index (χ2v) is 6.45. The molecule has 2 amide bonds. The van der Waals surface area contributed by atoms with Gasteiger partial charge in [-0.3, -0.25) is 0 Å². The number of hydrogen-bond acceptors (Lipinski definition) is 4. The molecule has 5 nitrogen and oxygen atoms in total. The highest BCUT2D eigenvalue weighted by Crippen LogP contribution is 2.28. The standard InChI is InChI=1S/C16H23N3O2S/c1-11(8-17)10-22-15-7-5-4-6-14(15)19-16(21)18-13(3)12(2)9-20/h4-7,11-13,20H,9-10H2,1-3H3,(H2,18,19,21). The smallest absolute Gasteiger partial charge is 0.319 e. The van der Waals surface area contributed by atoms with Crippen LogP contribution in [0.15, 0.2) is 29.2 Å². The highest BCUT2D eigenvalue weighted by atomic mass is 32.2. The van der Waals surface area contributed by atoms with Crippen molar-refractivity contribution < 1.29 is 9.90 Å². The van der Waals surface area contributed by atoms with E-state index in [2.05, 4.69) is 16.7 Å². The number of para-hydroxylation sites is 1. The van der Waals surface area contributed by atoms with E-state index in [4.69, 9.17) is 10.4 Å². The summed E-state index contributed by atoms with van der Waals surface area (Å²) in [6, 6.07) is 9.29. The van der Waals surface area contributed by atoms with Crippen LogP contribution in [0, 0.1) is 23.2 Å². The molecule has 6 heteroatoms. The van der Waals surface area contributed by atoms with Crippen molar-refractivity contribution in [1.82, 2.24) is 5.32 Å². The van der Waals surface area contributed by atoms with Crippen molar-refractivity contribution in [2.75, 3.05) is 17.7 Å². The van der Waals surface area contributed by atoms with Crippen LogP contribution in [0.1, 0.15) is 20.8 Å². The predicted octanol–water partition coefficient (Wildman–Crippen LogP) is 3.08. The third-order valence-corrected chi connectivity index (χ3v) is 4.68. The van der Waals surface area contributed by atoms with Gasteiger partial charge in [-0.1, -0.05) is 19.1 Å². The normalized spacial score (nSPS) is 14.5. The minimum atomic E-state index is -0.297. The van der Waals surface area contributed by atoms with E-state index in [1.54, 1.807) is 11.8 Å². The Morgan fingerprint density at radius 2 is 2.05 bits per heavy atom. The number of carbonyl (C=O) groups is 1. The van der Waals surface area contributed by atoms with Gasteiger partial charge in [-0.2, -0.15) is 5.26 Å².